The van der Waals surface area contributed by atoms with E-state index in [2.05, 4.69) is 10.9 Å². The number of benzene rings is 1. The molecule has 5 heteroatoms. The number of alkyl halides is 1. The second-order valence-electron chi connectivity index (χ2n) is 3.40. The van der Waals surface area contributed by atoms with Gasteiger partial charge in [0.2, 0.25) is 0 Å². The molecule has 1 heterocycles. The molecular formula is C10H10Cl2N2O. The van der Waals surface area contributed by atoms with Crippen LogP contribution >= 0.6 is 23.2 Å². The molecule has 0 amide bonds. The van der Waals surface area contributed by atoms with Gasteiger partial charge in [-0.2, -0.15) is 0 Å². The first-order valence-electron chi connectivity index (χ1n) is 4.59. The summed E-state index contributed by atoms with van der Waals surface area (Å²) in [6.07, 6.45) is 0.846. The zero-order valence-corrected chi connectivity index (χ0v) is 9.29. The number of rotatable bonds is 2. The van der Waals surface area contributed by atoms with E-state index >= 15 is 0 Å². The number of halogens is 2. The highest BCUT2D eigenvalue weighted by molar-refractivity contribution is 6.31. The van der Waals surface area contributed by atoms with Crippen LogP contribution in [0.15, 0.2) is 24.3 Å². The van der Waals surface area contributed by atoms with E-state index in [1.54, 1.807) is 6.07 Å². The van der Waals surface area contributed by atoms with E-state index in [0.717, 1.165) is 11.8 Å². The van der Waals surface area contributed by atoms with E-state index in [1.165, 1.54) is 0 Å². The Bertz CT molecular complexity index is 372. The van der Waals surface area contributed by atoms with Crippen LogP contribution in [0.3, 0.4) is 0 Å². The molecule has 15 heavy (non-hydrogen) atoms. The van der Waals surface area contributed by atoms with Crippen molar-refractivity contribution < 1.29 is 4.79 Å². The number of hydrazine groups is 1. The van der Waals surface area contributed by atoms with E-state index in [4.69, 9.17) is 23.2 Å². The van der Waals surface area contributed by atoms with Crippen molar-refractivity contribution in [1.82, 2.24) is 10.9 Å². The van der Waals surface area contributed by atoms with Gasteiger partial charge in [0.25, 0.3) is 0 Å². The lowest BCUT2D eigenvalue weighted by atomic mass is 9.96. The Balaban J connectivity index is 2.31. The van der Waals surface area contributed by atoms with Gasteiger partial charge < -0.3 is 4.79 Å². The van der Waals surface area contributed by atoms with Crippen molar-refractivity contribution in [2.75, 3.05) is 0 Å². The second kappa shape index (κ2) is 4.49. The van der Waals surface area contributed by atoms with Crippen LogP contribution < -0.4 is 10.9 Å². The number of hydrogen-bond acceptors (Lipinski definition) is 3. The standard InChI is InChI=1S/C10H10Cl2N2O/c11-8-4-2-1-3-6(8)9-7(5-15)10(12)14-13-9/h1-5,7,9-10,13-14H. The quantitative estimate of drug-likeness (QED) is 0.474. The maximum absolute atomic E-state index is 10.9. The van der Waals surface area contributed by atoms with Gasteiger partial charge in [-0.05, 0) is 11.6 Å². The smallest absolute Gasteiger partial charge is 0.127 e. The molecule has 0 aromatic heterocycles. The minimum absolute atomic E-state index is 0.168. The van der Waals surface area contributed by atoms with Gasteiger partial charge in [-0.25, -0.2) is 10.9 Å². The lowest BCUT2D eigenvalue weighted by Crippen LogP contribution is -2.27. The molecule has 0 spiro atoms. The molecule has 3 atom stereocenters. The summed E-state index contributed by atoms with van der Waals surface area (Å²) in [5, 5.41) is 0.634. The molecule has 3 nitrogen and oxygen atoms in total. The van der Waals surface area contributed by atoms with E-state index < -0.39 is 5.50 Å². The van der Waals surface area contributed by atoms with Crippen LogP contribution in [0.25, 0.3) is 0 Å². The summed E-state index contributed by atoms with van der Waals surface area (Å²) in [5.41, 5.74) is 6.27. The topological polar surface area (TPSA) is 41.1 Å². The molecule has 0 radical (unpaired) electrons. The van der Waals surface area contributed by atoms with Crippen LogP contribution in [0.1, 0.15) is 11.6 Å². The van der Waals surface area contributed by atoms with Gasteiger partial charge in [0.05, 0.1) is 12.0 Å². The fourth-order valence-electron chi connectivity index (χ4n) is 1.69. The van der Waals surface area contributed by atoms with Crippen LogP contribution in [-0.2, 0) is 4.79 Å². The van der Waals surface area contributed by atoms with Crippen molar-refractivity contribution in [3.8, 4) is 0 Å². The highest BCUT2D eigenvalue weighted by atomic mass is 35.5. The molecule has 3 unspecified atom stereocenters. The molecule has 2 N–H and O–H groups in total. The highest BCUT2D eigenvalue weighted by Crippen LogP contribution is 2.32. The first-order chi connectivity index (χ1) is 7.24. The number of aldehydes is 1. The van der Waals surface area contributed by atoms with Crippen LogP contribution in [0, 0.1) is 5.92 Å². The van der Waals surface area contributed by atoms with E-state index in [-0.39, 0.29) is 12.0 Å². The monoisotopic (exact) mass is 244 g/mol. The van der Waals surface area contributed by atoms with E-state index in [1.807, 2.05) is 18.2 Å². The Labute approximate surface area is 97.7 Å². The van der Waals surface area contributed by atoms with Crippen LogP contribution in [0.4, 0.5) is 0 Å². The van der Waals surface area contributed by atoms with Crippen molar-refractivity contribution in [3.05, 3.63) is 34.9 Å². The molecule has 1 aliphatic rings. The SMILES string of the molecule is O=CC1C(Cl)NNC1c1ccccc1Cl. The summed E-state index contributed by atoms with van der Waals surface area (Å²) in [6.45, 7) is 0. The van der Waals surface area contributed by atoms with Crippen molar-refractivity contribution in [2.45, 2.75) is 11.5 Å². The van der Waals surface area contributed by atoms with Crippen LogP contribution in [0.5, 0.6) is 0 Å². The van der Waals surface area contributed by atoms with Crippen LogP contribution in [-0.4, -0.2) is 11.8 Å². The maximum atomic E-state index is 10.9. The first kappa shape index (κ1) is 10.9. The third kappa shape index (κ3) is 2.01. The maximum Gasteiger partial charge on any atom is 0.127 e. The van der Waals surface area contributed by atoms with Gasteiger partial charge in [0, 0.05) is 5.02 Å². The fraction of sp³-hybridized carbons (Fsp3) is 0.300. The lowest BCUT2D eigenvalue weighted by Gasteiger charge is -2.15. The average molecular weight is 245 g/mol. The summed E-state index contributed by atoms with van der Waals surface area (Å²) in [5.74, 6) is -0.313. The average Bonchev–Trinajstić information content (AvgIpc) is 2.60. The number of hydrogen-bond donors (Lipinski definition) is 2. The van der Waals surface area contributed by atoms with E-state index in [0.29, 0.717) is 5.02 Å². The van der Waals surface area contributed by atoms with Crippen molar-refractivity contribution in [3.63, 3.8) is 0 Å². The molecule has 0 aliphatic carbocycles. The summed E-state index contributed by atoms with van der Waals surface area (Å²) >= 11 is 12.0. The highest BCUT2D eigenvalue weighted by Gasteiger charge is 2.36. The summed E-state index contributed by atoms with van der Waals surface area (Å²) in [4.78, 5) is 10.9. The Hall–Kier alpha value is -0.610. The largest absolute Gasteiger partial charge is 0.303 e. The third-order valence-electron chi connectivity index (χ3n) is 2.50. The summed E-state index contributed by atoms with van der Waals surface area (Å²) < 4.78 is 0. The zero-order valence-electron chi connectivity index (χ0n) is 7.78. The number of nitrogens with one attached hydrogen (secondary N) is 2. The fourth-order valence-corrected chi connectivity index (χ4v) is 2.21. The number of carbonyl (C=O) groups excluding carboxylic acids is 1. The first-order valence-corrected chi connectivity index (χ1v) is 5.40. The Morgan fingerprint density at radius 1 is 1.27 bits per heavy atom. The van der Waals surface area contributed by atoms with Gasteiger partial charge >= 0.3 is 0 Å². The van der Waals surface area contributed by atoms with Crippen molar-refractivity contribution in [1.29, 1.82) is 0 Å². The lowest BCUT2D eigenvalue weighted by molar-refractivity contribution is -0.111. The van der Waals surface area contributed by atoms with Gasteiger partial charge in [0.15, 0.2) is 0 Å². The Kier molecular flexibility index (Phi) is 3.26. The van der Waals surface area contributed by atoms with E-state index in [9.17, 15) is 4.79 Å². The number of carbonyl (C=O) groups is 1. The predicted molar refractivity (Wildman–Crippen MR) is 59.7 cm³/mol. The predicted octanol–water partition coefficient (Wildman–Crippen LogP) is 1.87. The Morgan fingerprint density at radius 3 is 2.67 bits per heavy atom. The molecule has 80 valence electrons. The van der Waals surface area contributed by atoms with Crippen LogP contribution in [0.2, 0.25) is 5.02 Å². The molecule has 1 aromatic carbocycles. The molecule has 1 fully saturated rings. The molecule has 0 saturated carbocycles. The van der Waals surface area contributed by atoms with Gasteiger partial charge in [0.1, 0.15) is 11.8 Å². The molecule has 1 aromatic rings. The molecule has 1 aliphatic heterocycles. The summed E-state index contributed by atoms with van der Waals surface area (Å²) in [7, 11) is 0. The van der Waals surface area contributed by atoms with Gasteiger partial charge in [-0.15, -0.1) is 11.6 Å². The van der Waals surface area contributed by atoms with Gasteiger partial charge in [-0.3, -0.25) is 0 Å². The summed E-state index contributed by atoms with van der Waals surface area (Å²) in [6, 6.07) is 7.24. The van der Waals surface area contributed by atoms with Crippen molar-refractivity contribution >= 4 is 29.5 Å². The Morgan fingerprint density at radius 2 is 2.00 bits per heavy atom. The normalized spacial score (nSPS) is 30.4. The molecule has 0 bridgehead atoms. The molecular weight excluding hydrogens is 235 g/mol. The van der Waals surface area contributed by atoms with Gasteiger partial charge in [-0.1, -0.05) is 29.8 Å². The minimum Gasteiger partial charge on any atom is -0.303 e. The molecule has 1 saturated heterocycles. The second-order valence-corrected chi connectivity index (χ2v) is 4.28. The zero-order chi connectivity index (χ0) is 10.8. The third-order valence-corrected chi connectivity index (χ3v) is 3.24. The van der Waals surface area contributed by atoms with Crippen molar-refractivity contribution in [2.24, 2.45) is 5.92 Å². The molecule has 2 rings (SSSR count). The minimum atomic E-state index is -0.399.